The van der Waals surface area contributed by atoms with Gasteiger partial charge in [-0.25, -0.2) is 4.98 Å². The van der Waals surface area contributed by atoms with Gasteiger partial charge in [0.15, 0.2) is 5.96 Å². The third-order valence-corrected chi connectivity index (χ3v) is 6.02. The largest absolute Gasteiger partial charge is 0.355 e. The summed E-state index contributed by atoms with van der Waals surface area (Å²) in [5.74, 6) is 1.73. The molecule has 1 fully saturated rings. The van der Waals surface area contributed by atoms with Gasteiger partial charge in [0, 0.05) is 58.6 Å². The maximum Gasteiger partial charge on any atom is 0.191 e. The van der Waals surface area contributed by atoms with E-state index >= 15 is 0 Å². The molecule has 0 spiro atoms. The number of benzene rings is 1. The lowest BCUT2D eigenvalue weighted by molar-refractivity contribution is 0.258. The summed E-state index contributed by atoms with van der Waals surface area (Å²) < 4.78 is 0. The molecule has 0 bridgehead atoms. The van der Waals surface area contributed by atoms with E-state index in [0.717, 1.165) is 63.9 Å². The molecule has 0 aliphatic carbocycles. The Kier molecular flexibility index (Phi) is 8.59. The van der Waals surface area contributed by atoms with Crippen molar-refractivity contribution >= 4 is 47.4 Å². The number of anilines is 1. The highest BCUT2D eigenvalue weighted by molar-refractivity contribution is 14.0. The smallest absolute Gasteiger partial charge is 0.191 e. The third-order valence-electron chi connectivity index (χ3n) is 5.72. The summed E-state index contributed by atoms with van der Waals surface area (Å²) in [4.78, 5) is 13.6. The van der Waals surface area contributed by atoms with E-state index in [-0.39, 0.29) is 24.0 Å². The van der Waals surface area contributed by atoms with Crippen LogP contribution in [0.1, 0.15) is 17.5 Å². The standard InChI is InChI=1S/C22H29ClN6.HI/c1-24-22(26-11-14-28-12-8-17-5-2-3-6-18(17)15-28)27-19-9-13-29(16-19)21-20(23)7-4-10-25-21;/h2-7,10,19H,8-9,11-16H2,1H3,(H2,24,26,27);1H. The molecule has 2 aromatic rings. The lowest BCUT2D eigenvalue weighted by Gasteiger charge is -2.29. The Morgan fingerprint density at radius 1 is 1.20 bits per heavy atom. The second kappa shape index (κ2) is 11.2. The zero-order valence-corrected chi connectivity index (χ0v) is 20.4. The summed E-state index contributed by atoms with van der Waals surface area (Å²) in [6.45, 7) is 5.86. The number of aromatic nitrogens is 1. The van der Waals surface area contributed by atoms with Crippen molar-refractivity contribution < 1.29 is 0 Å². The number of guanidine groups is 1. The second-order valence-corrected chi connectivity index (χ2v) is 8.09. The molecule has 1 aromatic carbocycles. The van der Waals surface area contributed by atoms with Crippen molar-refractivity contribution in [2.24, 2.45) is 4.99 Å². The summed E-state index contributed by atoms with van der Waals surface area (Å²) >= 11 is 6.29. The van der Waals surface area contributed by atoms with Crippen LogP contribution in [0.2, 0.25) is 5.02 Å². The van der Waals surface area contributed by atoms with E-state index in [1.165, 1.54) is 11.1 Å². The SMILES string of the molecule is CN=C(NCCN1CCc2ccccc2C1)NC1CCN(c2ncccc2Cl)C1.I. The number of aliphatic imine (C=N–C) groups is 1. The van der Waals surface area contributed by atoms with Gasteiger partial charge in [0.05, 0.1) is 5.02 Å². The number of fused-ring (bicyclic) bond motifs is 1. The lowest BCUT2D eigenvalue weighted by atomic mass is 10.00. The molecule has 0 radical (unpaired) electrons. The summed E-state index contributed by atoms with van der Waals surface area (Å²) in [5.41, 5.74) is 2.95. The topological polar surface area (TPSA) is 55.8 Å². The van der Waals surface area contributed by atoms with Gasteiger partial charge in [0.1, 0.15) is 5.82 Å². The quantitative estimate of drug-likeness (QED) is 0.347. The minimum absolute atomic E-state index is 0. The number of hydrogen-bond donors (Lipinski definition) is 2. The van der Waals surface area contributed by atoms with E-state index in [1.807, 2.05) is 19.2 Å². The Labute approximate surface area is 201 Å². The van der Waals surface area contributed by atoms with Gasteiger partial charge in [-0.3, -0.25) is 9.89 Å². The number of rotatable bonds is 5. The van der Waals surface area contributed by atoms with Gasteiger partial charge in [-0.2, -0.15) is 0 Å². The minimum Gasteiger partial charge on any atom is -0.355 e. The number of pyridine rings is 1. The Balaban J connectivity index is 0.00000256. The van der Waals surface area contributed by atoms with Gasteiger partial charge < -0.3 is 15.5 Å². The zero-order valence-electron chi connectivity index (χ0n) is 17.4. The van der Waals surface area contributed by atoms with E-state index in [1.54, 1.807) is 6.20 Å². The fourth-order valence-electron chi connectivity index (χ4n) is 4.15. The molecule has 2 N–H and O–H groups in total. The van der Waals surface area contributed by atoms with Crippen LogP contribution in [0.5, 0.6) is 0 Å². The van der Waals surface area contributed by atoms with E-state index < -0.39 is 0 Å². The predicted octanol–water partition coefficient (Wildman–Crippen LogP) is 3.16. The third kappa shape index (κ3) is 5.76. The highest BCUT2D eigenvalue weighted by atomic mass is 127. The first-order valence-corrected chi connectivity index (χ1v) is 10.7. The highest BCUT2D eigenvalue weighted by Crippen LogP contribution is 2.25. The molecule has 0 amide bonds. The Morgan fingerprint density at radius 3 is 2.83 bits per heavy atom. The molecule has 2 aliphatic rings. The molecule has 2 aliphatic heterocycles. The van der Waals surface area contributed by atoms with Crippen molar-refractivity contribution in [2.45, 2.75) is 25.4 Å². The van der Waals surface area contributed by atoms with Gasteiger partial charge in [0.2, 0.25) is 0 Å². The van der Waals surface area contributed by atoms with Gasteiger partial charge in [-0.1, -0.05) is 35.9 Å². The van der Waals surface area contributed by atoms with Crippen LogP contribution in [0.4, 0.5) is 5.82 Å². The summed E-state index contributed by atoms with van der Waals surface area (Å²) in [5, 5.41) is 7.72. The summed E-state index contributed by atoms with van der Waals surface area (Å²) in [6, 6.07) is 12.9. The van der Waals surface area contributed by atoms with Gasteiger partial charge in [-0.05, 0) is 36.1 Å². The molecule has 8 heteroatoms. The van der Waals surface area contributed by atoms with Crippen molar-refractivity contribution in [2.75, 3.05) is 44.7 Å². The normalized spacial score (nSPS) is 19.2. The average Bonchev–Trinajstić information content (AvgIpc) is 3.21. The number of halogens is 2. The molecule has 4 rings (SSSR count). The van der Waals surface area contributed by atoms with Crippen LogP contribution in [0, 0.1) is 0 Å². The van der Waals surface area contributed by atoms with Crippen molar-refractivity contribution in [3.05, 3.63) is 58.7 Å². The first-order valence-electron chi connectivity index (χ1n) is 10.3. The number of hydrogen-bond acceptors (Lipinski definition) is 4. The predicted molar refractivity (Wildman–Crippen MR) is 135 cm³/mol. The van der Waals surface area contributed by atoms with Crippen LogP contribution in [0.3, 0.4) is 0 Å². The Hall–Kier alpha value is -1.58. The van der Waals surface area contributed by atoms with Crippen molar-refractivity contribution in [3.8, 4) is 0 Å². The van der Waals surface area contributed by atoms with Crippen LogP contribution in [-0.2, 0) is 13.0 Å². The molecule has 162 valence electrons. The van der Waals surface area contributed by atoms with Crippen molar-refractivity contribution in [3.63, 3.8) is 0 Å². The molecular formula is C22H30ClIN6. The maximum absolute atomic E-state index is 6.29. The van der Waals surface area contributed by atoms with Gasteiger partial charge in [0.25, 0.3) is 0 Å². The zero-order chi connectivity index (χ0) is 20.1. The van der Waals surface area contributed by atoms with Crippen LogP contribution in [-0.4, -0.2) is 61.7 Å². The lowest BCUT2D eigenvalue weighted by Crippen LogP contribution is -2.47. The molecule has 1 atom stereocenters. The van der Waals surface area contributed by atoms with Crippen LogP contribution in [0.25, 0.3) is 0 Å². The highest BCUT2D eigenvalue weighted by Gasteiger charge is 2.25. The summed E-state index contributed by atoms with van der Waals surface area (Å²) in [7, 11) is 1.83. The van der Waals surface area contributed by atoms with Crippen molar-refractivity contribution in [1.29, 1.82) is 0 Å². The molecule has 0 saturated carbocycles. The second-order valence-electron chi connectivity index (χ2n) is 7.68. The van der Waals surface area contributed by atoms with E-state index in [0.29, 0.717) is 11.1 Å². The van der Waals surface area contributed by atoms with E-state index in [2.05, 4.69) is 54.7 Å². The van der Waals surface area contributed by atoms with Gasteiger partial charge >= 0.3 is 0 Å². The Bertz CT molecular complexity index is 861. The maximum atomic E-state index is 6.29. The summed E-state index contributed by atoms with van der Waals surface area (Å²) in [6.07, 6.45) is 3.97. The fourth-order valence-corrected chi connectivity index (χ4v) is 4.39. The van der Waals surface area contributed by atoms with Crippen LogP contribution >= 0.6 is 35.6 Å². The fraction of sp³-hybridized carbons (Fsp3) is 0.455. The first kappa shape index (κ1) is 23.1. The molecular weight excluding hydrogens is 511 g/mol. The average molecular weight is 541 g/mol. The molecule has 6 nitrogen and oxygen atoms in total. The first-order chi connectivity index (χ1) is 14.2. The van der Waals surface area contributed by atoms with Gasteiger partial charge in [-0.15, -0.1) is 24.0 Å². The van der Waals surface area contributed by atoms with Crippen LogP contribution < -0.4 is 15.5 Å². The van der Waals surface area contributed by atoms with E-state index in [4.69, 9.17) is 11.6 Å². The minimum atomic E-state index is 0. The number of nitrogens with zero attached hydrogens (tertiary/aromatic N) is 4. The van der Waals surface area contributed by atoms with Crippen molar-refractivity contribution in [1.82, 2.24) is 20.5 Å². The molecule has 30 heavy (non-hydrogen) atoms. The van der Waals surface area contributed by atoms with E-state index in [9.17, 15) is 0 Å². The van der Waals surface area contributed by atoms with Crippen LogP contribution in [0.15, 0.2) is 47.6 Å². The molecule has 1 unspecified atom stereocenters. The molecule has 1 aromatic heterocycles. The Morgan fingerprint density at radius 2 is 2.03 bits per heavy atom. The molecule has 1 saturated heterocycles. The number of nitrogens with one attached hydrogen (secondary N) is 2. The molecule has 3 heterocycles. The monoisotopic (exact) mass is 540 g/mol.